The van der Waals surface area contributed by atoms with Crippen LogP contribution < -0.4 is 5.32 Å². The number of hydrogen-bond acceptors (Lipinski definition) is 10. The third-order valence-electron chi connectivity index (χ3n) is 13.8. The lowest BCUT2D eigenvalue weighted by atomic mass is 9.39. The van der Waals surface area contributed by atoms with Crippen molar-refractivity contribution in [1.82, 2.24) is 5.32 Å². The number of aldehydes is 1. The highest BCUT2D eigenvalue weighted by Gasteiger charge is 2.81. The van der Waals surface area contributed by atoms with Crippen LogP contribution in [0.3, 0.4) is 0 Å². The molecule has 10 heteroatoms. The highest BCUT2D eigenvalue weighted by Crippen LogP contribution is 2.74. The van der Waals surface area contributed by atoms with Gasteiger partial charge in [-0.3, -0.25) is 0 Å². The zero-order chi connectivity index (χ0) is 32.2. The Morgan fingerprint density at radius 3 is 2.49 bits per heavy atom. The number of fused-ring (bicyclic) bond motifs is 9. The number of ether oxygens (including phenoxy) is 1. The third kappa shape index (κ3) is 3.93. The van der Waals surface area contributed by atoms with Crippen molar-refractivity contribution in [2.45, 2.75) is 112 Å². The van der Waals surface area contributed by atoms with Crippen molar-refractivity contribution in [3.63, 3.8) is 0 Å². The molecule has 7 rings (SSSR count). The molecule has 246 valence electrons. The quantitative estimate of drug-likeness (QED) is 0.178. The molecule has 13 atom stereocenters. The Balaban J connectivity index is 1.28. The van der Waals surface area contributed by atoms with E-state index in [0.29, 0.717) is 32.0 Å². The van der Waals surface area contributed by atoms with Crippen molar-refractivity contribution in [3.05, 3.63) is 47.0 Å². The molecule has 7 N–H and O–H groups in total. The number of carbonyl (C=O) groups is 2. The summed E-state index contributed by atoms with van der Waals surface area (Å²) in [6.45, 7) is 1.85. The van der Waals surface area contributed by atoms with Crippen molar-refractivity contribution in [1.29, 1.82) is 0 Å². The summed E-state index contributed by atoms with van der Waals surface area (Å²) in [5.41, 5.74) is -5.34. The lowest BCUT2D eigenvalue weighted by Gasteiger charge is -2.69. The molecule has 5 saturated carbocycles. The van der Waals surface area contributed by atoms with Gasteiger partial charge in [-0.15, -0.1) is 0 Å². The average molecular weight is 626 g/mol. The molecule has 0 amide bonds. The summed E-state index contributed by atoms with van der Waals surface area (Å²) in [5, 5.41) is 73.2. The van der Waals surface area contributed by atoms with Crippen molar-refractivity contribution < 1.29 is 45.0 Å². The molecule has 5 aliphatic carbocycles. The summed E-state index contributed by atoms with van der Waals surface area (Å²) in [6, 6.07) is 7.58. The second-order valence-electron chi connectivity index (χ2n) is 15.4. The van der Waals surface area contributed by atoms with Crippen LogP contribution in [0.4, 0.5) is 0 Å². The largest absolute Gasteiger partial charge is 0.454 e. The van der Waals surface area contributed by atoms with E-state index in [4.69, 9.17) is 4.74 Å². The van der Waals surface area contributed by atoms with Crippen LogP contribution in [0.2, 0.25) is 0 Å². The Morgan fingerprint density at radius 2 is 1.80 bits per heavy atom. The summed E-state index contributed by atoms with van der Waals surface area (Å²) in [7, 11) is 1.87. The molecule has 10 nitrogen and oxygen atoms in total. The predicted molar refractivity (Wildman–Crippen MR) is 161 cm³/mol. The van der Waals surface area contributed by atoms with E-state index in [1.165, 1.54) is 0 Å². The van der Waals surface area contributed by atoms with E-state index in [9.17, 15) is 40.2 Å². The molecule has 45 heavy (non-hydrogen) atoms. The summed E-state index contributed by atoms with van der Waals surface area (Å²) >= 11 is 0. The molecule has 0 spiro atoms. The molecule has 0 bridgehead atoms. The normalized spacial score (nSPS) is 49.0. The van der Waals surface area contributed by atoms with E-state index in [0.717, 1.165) is 16.7 Å². The van der Waals surface area contributed by atoms with Gasteiger partial charge in [-0.05, 0) is 80.5 Å². The van der Waals surface area contributed by atoms with Gasteiger partial charge in [0.15, 0.2) is 0 Å². The van der Waals surface area contributed by atoms with Crippen molar-refractivity contribution in [2.24, 2.45) is 34.5 Å². The second kappa shape index (κ2) is 10.4. The number of nitrogens with one attached hydrogen (secondary N) is 1. The van der Waals surface area contributed by atoms with Gasteiger partial charge < -0.3 is 45.5 Å². The molecule has 1 aromatic carbocycles. The van der Waals surface area contributed by atoms with Crippen LogP contribution in [0.5, 0.6) is 0 Å². The van der Waals surface area contributed by atoms with E-state index in [2.05, 4.69) is 5.32 Å². The molecular formula is C35H47NO9. The predicted octanol–water partition coefficient (Wildman–Crippen LogP) is 0.921. The van der Waals surface area contributed by atoms with E-state index >= 15 is 0 Å². The lowest BCUT2D eigenvalue weighted by Crippen LogP contribution is -2.81. The molecule has 0 aromatic heterocycles. The standard InChI is InChI=1S/C35H47NO9/c1-31-9-8-26-32(18-38)10-7-22(39)15-33(32,42)16-27(40)35(26,44)34(31,43)14-21-11-23(30-24(29(21)31)13-28(41)45-30)25(36-2)12-19-5-3-4-6-20(19)17-37/h3-6,13,18,21-23,25-27,29-30,36-37,39-40,42-44H,7-12,14-17H2,1-2H3. The van der Waals surface area contributed by atoms with Crippen LogP contribution in [0.15, 0.2) is 35.9 Å². The molecule has 6 aliphatic rings. The molecule has 1 heterocycles. The third-order valence-corrected chi connectivity index (χ3v) is 13.8. The van der Waals surface area contributed by atoms with Gasteiger partial charge in [0.25, 0.3) is 0 Å². The lowest BCUT2D eigenvalue weighted by molar-refractivity contribution is -0.346. The first kappa shape index (κ1) is 31.4. The maximum Gasteiger partial charge on any atom is 0.331 e. The summed E-state index contributed by atoms with van der Waals surface area (Å²) < 4.78 is 5.98. The van der Waals surface area contributed by atoms with Crippen LogP contribution in [0.25, 0.3) is 0 Å². The minimum Gasteiger partial charge on any atom is -0.454 e. The molecule has 1 aliphatic heterocycles. The van der Waals surface area contributed by atoms with Crippen molar-refractivity contribution >= 4 is 12.3 Å². The van der Waals surface area contributed by atoms with Crippen molar-refractivity contribution in [3.8, 4) is 0 Å². The number of esters is 1. The summed E-state index contributed by atoms with van der Waals surface area (Å²) in [4.78, 5) is 25.9. The highest BCUT2D eigenvalue weighted by atomic mass is 16.5. The Bertz CT molecular complexity index is 1420. The zero-order valence-electron chi connectivity index (χ0n) is 26.1. The number of benzene rings is 1. The number of aliphatic hydroxyl groups is 6. The van der Waals surface area contributed by atoms with Gasteiger partial charge in [0, 0.05) is 42.2 Å². The number of hydrogen-bond donors (Lipinski definition) is 7. The smallest absolute Gasteiger partial charge is 0.331 e. The fourth-order valence-corrected chi connectivity index (χ4v) is 11.8. The topological polar surface area (TPSA) is 177 Å². The van der Waals surface area contributed by atoms with E-state index in [1.807, 2.05) is 38.2 Å². The first-order chi connectivity index (χ1) is 21.3. The Kier molecular flexibility index (Phi) is 7.27. The van der Waals surface area contributed by atoms with Crippen molar-refractivity contribution in [2.75, 3.05) is 7.05 Å². The molecule has 13 unspecified atom stereocenters. The maximum atomic E-state index is 13.0. The van der Waals surface area contributed by atoms with E-state index < -0.39 is 57.8 Å². The first-order valence-electron chi connectivity index (χ1n) is 16.6. The monoisotopic (exact) mass is 625 g/mol. The molecule has 5 fully saturated rings. The minimum absolute atomic E-state index is 0.0726. The second-order valence-corrected chi connectivity index (χ2v) is 15.4. The molecule has 0 radical (unpaired) electrons. The SMILES string of the molecule is CNC(Cc1ccccc1CO)C1CC2CC3(O)C(C)(CCC4C5(C=O)CCC(O)CC5(O)CC(O)C43O)C2C2=CC(=O)OC21. The van der Waals surface area contributed by atoms with Gasteiger partial charge in [-0.25, -0.2) is 4.79 Å². The summed E-state index contributed by atoms with van der Waals surface area (Å²) in [6.07, 6.45) is 1.49. The average Bonchev–Trinajstić information content (AvgIpc) is 3.50. The van der Waals surface area contributed by atoms with Gasteiger partial charge in [0.2, 0.25) is 0 Å². The Morgan fingerprint density at radius 1 is 1.07 bits per heavy atom. The van der Waals surface area contributed by atoms with Crippen LogP contribution in [0, 0.1) is 34.5 Å². The first-order valence-corrected chi connectivity index (χ1v) is 16.6. The Labute approximate surface area is 263 Å². The Hall–Kier alpha value is -2.18. The van der Waals surface area contributed by atoms with Crippen LogP contribution in [0.1, 0.15) is 69.4 Å². The number of aliphatic hydroxyl groups excluding tert-OH is 3. The zero-order valence-corrected chi connectivity index (χ0v) is 26.1. The van der Waals surface area contributed by atoms with E-state index in [1.54, 1.807) is 6.08 Å². The fourth-order valence-electron chi connectivity index (χ4n) is 11.8. The van der Waals surface area contributed by atoms with Crippen LogP contribution in [-0.4, -0.2) is 91.1 Å². The van der Waals surface area contributed by atoms with Crippen LogP contribution >= 0.6 is 0 Å². The fraction of sp³-hybridized carbons (Fsp3) is 0.714. The molecule has 1 aromatic rings. The number of carbonyl (C=O) groups excluding carboxylic acids is 2. The maximum absolute atomic E-state index is 13.0. The van der Waals surface area contributed by atoms with Gasteiger partial charge in [-0.1, -0.05) is 31.2 Å². The van der Waals surface area contributed by atoms with Crippen LogP contribution in [-0.2, 0) is 27.4 Å². The van der Waals surface area contributed by atoms with Gasteiger partial charge in [-0.2, -0.15) is 0 Å². The molecular weight excluding hydrogens is 578 g/mol. The highest BCUT2D eigenvalue weighted by molar-refractivity contribution is 5.86. The van der Waals surface area contributed by atoms with E-state index in [-0.39, 0.29) is 62.5 Å². The van der Waals surface area contributed by atoms with Gasteiger partial charge >= 0.3 is 5.97 Å². The van der Waals surface area contributed by atoms with Gasteiger partial charge in [0.1, 0.15) is 23.6 Å². The number of rotatable bonds is 6. The minimum atomic E-state index is -2.09. The number of likely N-dealkylation sites (N-methyl/N-ethyl adjacent to an activating group) is 1. The molecule has 0 saturated heterocycles. The van der Waals surface area contributed by atoms with Gasteiger partial charge in [0.05, 0.1) is 29.8 Å². The summed E-state index contributed by atoms with van der Waals surface area (Å²) in [5.74, 6) is -1.94.